The molecule has 0 bridgehead atoms. The average molecular weight is 520 g/mol. The lowest BCUT2D eigenvalue weighted by Crippen LogP contribution is -2.20. The van der Waals surface area contributed by atoms with Crippen molar-refractivity contribution in [3.63, 3.8) is 0 Å². The maximum atomic E-state index is 12.2. The van der Waals surface area contributed by atoms with Gasteiger partial charge >= 0.3 is 0 Å². The van der Waals surface area contributed by atoms with Gasteiger partial charge in [-0.3, -0.25) is 4.79 Å². The Kier molecular flexibility index (Phi) is 8.12. The lowest BCUT2D eigenvalue weighted by molar-refractivity contribution is -0.118. The van der Waals surface area contributed by atoms with E-state index in [0.717, 1.165) is 17.1 Å². The minimum atomic E-state index is -0.285. The van der Waals surface area contributed by atoms with Gasteiger partial charge in [0.2, 0.25) is 0 Å². The van der Waals surface area contributed by atoms with Gasteiger partial charge in [0.15, 0.2) is 22.5 Å². The highest BCUT2D eigenvalue weighted by Gasteiger charge is 2.14. The summed E-state index contributed by atoms with van der Waals surface area (Å²) < 4.78 is 12.7. The monoisotopic (exact) mass is 519 g/mol. The van der Waals surface area contributed by atoms with Crippen LogP contribution in [0.4, 0.5) is 0 Å². The van der Waals surface area contributed by atoms with E-state index in [4.69, 9.17) is 9.47 Å². The summed E-state index contributed by atoms with van der Waals surface area (Å²) in [6.45, 7) is 2.66. The summed E-state index contributed by atoms with van der Waals surface area (Å²) in [6, 6.07) is 10.8. The standard InChI is InChI=1S/C21H22BrN5O4S/c1-4-27-20(14-5-7-15(30-2)8-6-14)25-26-21(27)32-12-18(28)24-23-11-13-9-16(22)19(29)17(10-13)31-3/h5-11,29H,4,12H2,1-3H3,(H,24,28)/b23-11-. The van der Waals surface area contributed by atoms with Gasteiger partial charge in [0.05, 0.1) is 30.7 Å². The van der Waals surface area contributed by atoms with Crippen LogP contribution in [0.5, 0.6) is 17.2 Å². The number of hydrogen-bond donors (Lipinski definition) is 2. The van der Waals surface area contributed by atoms with Crippen LogP contribution in [0.3, 0.4) is 0 Å². The molecule has 0 radical (unpaired) electrons. The topological polar surface area (TPSA) is 111 Å². The number of aromatic nitrogens is 3. The summed E-state index contributed by atoms with van der Waals surface area (Å²) in [4.78, 5) is 12.2. The fourth-order valence-electron chi connectivity index (χ4n) is 2.80. The van der Waals surface area contributed by atoms with Crippen LogP contribution in [0, 0.1) is 0 Å². The number of halogens is 1. The quantitative estimate of drug-likeness (QED) is 0.252. The van der Waals surface area contributed by atoms with Crippen LogP contribution < -0.4 is 14.9 Å². The van der Waals surface area contributed by atoms with Gasteiger partial charge in [-0.05, 0) is 64.8 Å². The number of amides is 1. The molecule has 1 heterocycles. The van der Waals surface area contributed by atoms with Crippen LogP contribution in [0.2, 0.25) is 0 Å². The Balaban J connectivity index is 1.61. The van der Waals surface area contributed by atoms with Crippen molar-refractivity contribution in [2.75, 3.05) is 20.0 Å². The molecule has 0 atom stereocenters. The Morgan fingerprint density at radius 1 is 1.25 bits per heavy atom. The van der Waals surface area contributed by atoms with Crippen molar-refractivity contribution in [2.24, 2.45) is 5.10 Å². The number of thioether (sulfide) groups is 1. The maximum absolute atomic E-state index is 12.2. The highest BCUT2D eigenvalue weighted by atomic mass is 79.9. The lowest BCUT2D eigenvalue weighted by Gasteiger charge is -2.08. The number of nitrogens with one attached hydrogen (secondary N) is 1. The van der Waals surface area contributed by atoms with E-state index in [0.29, 0.717) is 27.5 Å². The van der Waals surface area contributed by atoms with Gasteiger partial charge < -0.3 is 19.1 Å². The van der Waals surface area contributed by atoms with Crippen LogP contribution >= 0.6 is 27.7 Å². The lowest BCUT2D eigenvalue weighted by atomic mass is 10.2. The maximum Gasteiger partial charge on any atom is 0.250 e. The van der Waals surface area contributed by atoms with E-state index >= 15 is 0 Å². The molecule has 11 heteroatoms. The van der Waals surface area contributed by atoms with Crippen molar-refractivity contribution in [3.05, 3.63) is 46.4 Å². The fraction of sp³-hybridized carbons (Fsp3) is 0.238. The Hall–Kier alpha value is -3.05. The molecule has 1 aromatic heterocycles. The number of phenols is 1. The van der Waals surface area contributed by atoms with Gasteiger partial charge in [-0.25, -0.2) is 5.43 Å². The Morgan fingerprint density at radius 2 is 2.00 bits per heavy atom. The van der Waals surface area contributed by atoms with Crippen LogP contribution in [-0.2, 0) is 11.3 Å². The van der Waals surface area contributed by atoms with E-state index in [1.165, 1.54) is 25.1 Å². The van der Waals surface area contributed by atoms with Crippen molar-refractivity contribution in [3.8, 4) is 28.6 Å². The Morgan fingerprint density at radius 3 is 2.66 bits per heavy atom. The molecule has 32 heavy (non-hydrogen) atoms. The molecule has 0 aliphatic rings. The van der Waals surface area contributed by atoms with Gasteiger partial charge in [0, 0.05) is 12.1 Å². The smallest absolute Gasteiger partial charge is 0.250 e. The molecule has 0 saturated heterocycles. The number of rotatable bonds is 9. The van der Waals surface area contributed by atoms with Crippen molar-refractivity contribution in [2.45, 2.75) is 18.6 Å². The van der Waals surface area contributed by atoms with E-state index in [1.807, 2.05) is 35.8 Å². The summed E-state index contributed by atoms with van der Waals surface area (Å²) in [7, 11) is 3.07. The third-order valence-corrected chi connectivity index (χ3v) is 5.96. The van der Waals surface area contributed by atoms with Gasteiger partial charge in [0.25, 0.3) is 5.91 Å². The second-order valence-electron chi connectivity index (χ2n) is 6.41. The number of methoxy groups -OCH3 is 2. The number of hydrazone groups is 1. The largest absolute Gasteiger partial charge is 0.503 e. The molecule has 0 aliphatic heterocycles. The van der Waals surface area contributed by atoms with E-state index in [9.17, 15) is 9.90 Å². The number of nitrogens with zero attached hydrogens (tertiary/aromatic N) is 4. The number of carbonyl (C=O) groups excluding carboxylic acids is 1. The number of aromatic hydroxyl groups is 1. The molecule has 3 rings (SSSR count). The number of hydrogen-bond acceptors (Lipinski definition) is 8. The molecule has 0 unspecified atom stereocenters. The molecule has 0 fully saturated rings. The van der Waals surface area contributed by atoms with Crippen molar-refractivity contribution in [1.29, 1.82) is 0 Å². The minimum absolute atomic E-state index is 0.000805. The van der Waals surface area contributed by atoms with Gasteiger partial charge in [-0.2, -0.15) is 5.10 Å². The number of phenolic OH excluding ortho intramolecular Hbond substituents is 1. The molecule has 168 valence electrons. The van der Waals surface area contributed by atoms with Crippen molar-refractivity contribution in [1.82, 2.24) is 20.2 Å². The second-order valence-corrected chi connectivity index (χ2v) is 8.21. The predicted octanol–water partition coefficient (Wildman–Crippen LogP) is 3.69. The fourth-order valence-corrected chi connectivity index (χ4v) is 4.05. The van der Waals surface area contributed by atoms with E-state index in [1.54, 1.807) is 19.2 Å². The molecule has 2 aromatic carbocycles. The van der Waals surface area contributed by atoms with Crippen LogP contribution in [0.25, 0.3) is 11.4 Å². The number of ether oxygens (including phenoxy) is 2. The van der Waals surface area contributed by atoms with Crippen LogP contribution in [-0.4, -0.2) is 52.0 Å². The highest BCUT2D eigenvalue weighted by molar-refractivity contribution is 9.10. The average Bonchev–Trinajstić information content (AvgIpc) is 3.22. The normalized spacial score (nSPS) is 11.0. The third-order valence-electron chi connectivity index (χ3n) is 4.39. The zero-order valence-corrected chi connectivity index (χ0v) is 20.1. The number of carbonyl (C=O) groups is 1. The molecule has 1 amide bonds. The van der Waals surface area contributed by atoms with Gasteiger partial charge in [-0.15, -0.1) is 10.2 Å². The summed E-state index contributed by atoms with van der Waals surface area (Å²) in [5.74, 6) is 1.63. The second kappa shape index (κ2) is 11.0. The summed E-state index contributed by atoms with van der Waals surface area (Å²) in [5.41, 5.74) is 4.04. The summed E-state index contributed by atoms with van der Waals surface area (Å²) >= 11 is 4.52. The molecule has 0 spiro atoms. The summed E-state index contributed by atoms with van der Waals surface area (Å²) in [6.07, 6.45) is 1.46. The molecule has 3 aromatic rings. The highest BCUT2D eigenvalue weighted by Crippen LogP contribution is 2.34. The first-order valence-corrected chi connectivity index (χ1v) is 11.3. The zero-order valence-electron chi connectivity index (χ0n) is 17.7. The predicted molar refractivity (Wildman–Crippen MR) is 127 cm³/mol. The molecular weight excluding hydrogens is 498 g/mol. The number of benzene rings is 2. The Bertz CT molecular complexity index is 1120. The Labute approximate surface area is 198 Å². The van der Waals surface area contributed by atoms with Crippen LogP contribution in [0.1, 0.15) is 12.5 Å². The van der Waals surface area contributed by atoms with E-state index in [2.05, 4.69) is 36.7 Å². The van der Waals surface area contributed by atoms with Crippen molar-refractivity contribution >= 4 is 39.8 Å². The molecule has 2 N–H and O–H groups in total. The first-order valence-electron chi connectivity index (χ1n) is 9.55. The van der Waals surface area contributed by atoms with Crippen LogP contribution in [0.15, 0.2) is 51.1 Å². The first-order chi connectivity index (χ1) is 15.5. The molecule has 0 saturated carbocycles. The van der Waals surface area contributed by atoms with E-state index < -0.39 is 0 Å². The minimum Gasteiger partial charge on any atom is -0.503 e. The first kappa shape index (κ1) is 23.6. The third kappa shape index (κ3) is 5.60. The molecule has 0 aliphatic carbocycles. The van der Waals surface area contributed by atoms with Gasteiger partial charge in [0.1, 0.15) is 5.75 Å². The molecule has 9 nitrogen and oxygen atoms in total. The van der Waals surface area contributed by atoms with Crippen molar-refractivity contribution < 1.29 is 19.4 Å². The van der Waals surface area contributed by atoms with Gasteiger partial charge in [-0.1, -0.05) is 11.8 Å². The summed E-state index contributed by atoms with van der Waals surface area (Å²) in [5, 5.41) is 23.0. The SMILES string of the molecule is CCn1c(SCC(=O)N/N=C\c2cc(Br)c(O)c(OC)c2)nnc1-c1ccc(OC)cc1. The van der Waals surface area contributed by atoms with E-state index in [-0.39, 0.29) is 17.4 Å². The molecular formula is C21H22BrN5O4S. The zero-order chi connectivity index (χ0) is 23.1.